The number of aliphatic hydroxyl groups is 1. The molecule has 5 atom stereocenters. The topological polar surface area (TPSA) is 57.2 Å². The third-order valence-electron chi connectivity index (χ3n) is 4.19. The molecule has 22 heavy (non-hydrogen) atoms. The molecule has 0 spiro atoms. The summed E-state index contributed by atoms with van der Waals surface area (Å²) >= 11 is 0. The number of aliphatic hydroxyl groups excluding tert-OH is 1. The summed E-state index contributed by atoms with van der Waals surface area (Å²) in [6, 6.07) is 8.08. The summed E-state index contributed by atoms with van der Waals surface area (Å²) in [7, 11) is 0. The maximum atomic E-state index is 9.94. The monoisotopic (exact) mass is 308 g/mol. The van der Waals surface area contributed by atoms with Gasteiger partial charge in [0.15, 0.2) is 12.1 Å². The largest absolute Gasteiger partial charge is 0.391 e. The van der Waals surface area contributed by atoms with Crippen molar-refractivity contribution in [2.45, 2.75) is 70.8 Å². The van der Waals surface area contributed by atoms with Crippen LogP contribution < -0.4 is 0 Å². The zero-order valence-electron chi connectivity index (χ0n) is 13.5. The summed E-state index contributed by atoms with van der Waals surface area (Å²) in [4.78, 5) is 0. The standard InChI is InChI=1S/C17H24O5/c1-10-7-5-6-8-12(10)9-19-14-13(11(2)18)20-16-15(14)21-17(3,4)22-16/h5-8,11,13-16,18H,9H2,1-4H3/t11-,13-,14+,15-,16-/m1/s1. The average molecular weight is 308 g/mol. The molecule has 0 aromatic heterocycles. The van der Waals surface area contributed by atoms with Crippen LogP contribution in [0, 0.1) is 6.92 Å². The Kier molecular flexibility index (Phi) is 4.27. The number of hydrogen-bond donors (Lipinski definition) is 1. The van der Waals surface area contributed by atoms with Gasteiger partial charge in [-0.25, -0.2) is 0 Å². The number of benzene rings is 1. The molecule has 5 nitrogen and oxygen atoms in total. The number of ether oxygens (including phenoxy) is 4. The van der Waals surface area contributed by atoms with Crippen molar-refractivity contribution in [1.82, 2.24) is 0 Å². The van der Waals surface area contributed by atoms with Crippen molar-refractivity contribution in [3.8, 4) is 0 Å². The van der Waals surface area contributed by atoms with Crippen LogP contribution >= 0.6 is 0 Å². The van der Waals surface area contributed by atoms with Crippen LogP contribution in [0.2, 0.25) is 0 Å². The van der Waals surface area contributed by atoms with Gasteiger partial charge in [-0.3, -0.25) is 0 Å². The predicted octanol–water partition coefficient (Wildman–Crippen LogP) is 2.14. The van der Waals surface area contributed by atoms with E-state index in [0.29, 0.717) is 6.61 Å². The van der Waals surface area contributed by atoms with E-state index >= 15 is 0 Å². The average Bonchev–Trinajstić information content (AvgIpc) is 2.90. The van der Waals surface area contributed by atoms with E-state index in [1.165, 1.54) is 5.56 Å². The lowest BCUT2D eigenvalue weighted by molar-refractivity contribution is -0.229. The molecule has 1 aromatic carbocycles. The van der Waals surface area contributed by atoms with E-state index in [0.717, 1.165) is 5.56 Å². The molecule has 0 radical (unpaired) electrons. The molecular weight excluding hydrogens is 284 g/mol. The Labute approximate surface area is 131 Å². The first-order chi connectivity index (χ1) is 10.4. The lowest BCUT2D eigenvalue weighted by atomic mass is 10.1. The highest BCUT2D eigenvalue weighted by molar-refractivity contribution is 5.24. The summed E-state index contributed by atoms with van der Waals surface area (Å²) < 4.78 is 23.5. The molecule has 0 bridgehead atoms. The van der Waals surface area contributed by atoms with Gasteiger partial charge in [0.25, 0.3) is 0 Å². The van der Waals surface area contributed by atoms with E-state index in [4.69, 9.17) is 18.9 Å². The molecule has 122 valence electrons. The van der Waals surface area contributed by atoms with Crippen LogP contribution in [-0.2, 0) is 25.6 Å². The minimum atomic E-state index is -0.691. The highest BCUT2D eigenvalue weighted by Crippen LogP contribution is 2.39. The van der Waals surface area contributed by atoms with Crippen molar-refractivity contribution in [2.24, 2.45) is 0 Å². The van der Waals surface area contributed by atoms with Crippen molar-refractivity contribution in [2.75, 3.05) is 0 Å². The van der Waals surface area contributed by atoms with Gasteiger partial charge in [-0.1, -0.05) is 24.3 Å². The van der Waals surface area contributed by atoms with Crippen molar-refractivity contribution in [1.29, 1.82) is 0 Å². The van der Waals surface area contributed by atoms with Gasteiger partial charge in [0.1, 0.15) is 18.3 Å². The minimum Gasteiger partial charge on any atom is -0.391 e. The Balaban J connectivity index is 1.73. The van der Waals surface area contributed by atoms with Gasteiger partial charge >= 0.3 is 0 Å². The van der Waals surface area contributed by atoms with Crippen molar-refractivity contribution in [3.63, 3.8) is 0 Å². The molecule has 2 aliphatic rings. The fraction of sp³-hybridized carbons (Fsp3) is 0.647. The smallest absolute Gasteiger partial charge is 0.190 e. The molecule has 0 amide bonds. The quantitative estimate of drug-likeness (QED) is 0.923. The molecule has 5 heteroatoms. The number of fused-ring (bicyclic) bond motifs is 1. The first kappa shape index (κ1) is 15.9. The zero-order chi connectivity index (χ0) is 15.9. The molecule has 0 aliphatic carbocycles. The first-order valence-corrected chi connectivity index (χ1v) is 7.73. The Morgan fingerprint density at radius 1 is 1.27 bits per heavy atom. The molecule has 1 aromatic rings. The zero-order valence-corrected chi connectivity index (χ0v) is 13.5. The summed E-state index contributed by atoms with van der Waals surface area (Å²) in [5.74, 6) is -0.691. The molecule has 3 rings (SSSR count). The summed E-state index contributed by atoms with van der Waals surface area (Å²) in [6.07, 6.45) is -2.26. The Hall–Kier alpha value is -0.980. The van der Waals surface area contributed by atoms with Crippen LogP contribution in [-0.4, -0.2) is 41.6 Å². The van der Waals surface area contributed by atoms with Gasteiger partial charge in [-0.2, -0.15) is 0 Å². The Morgan fingerprint density at radius 3 is 2.68 bits per heavy atom. The van der Waals surface area contributed by atoms with Crippen molar-refractivity contribution >= 4 is 0 Å². The fourth-order valence-corrected chi connectivity index (χ4v) is 3.04. The van der Waals surface area contributed by atoms with Crippen molar-refractivity contribution < 1.29 is 24.1 Å². The number of hydrogen-bond acceptors (Lipinski definition) is 5. The van der Waals surface area contributed by atoms with E-state index < -0.39 is 24.3 Å². The molecule has 2 aliphatic heterocycles. The molecule has 0 saturated carbocycles. The summed E-state index contributed by atoms with van der Waals surface area (Å²) in [6.45, 7) is 7.91. The van der Waals surface area contributed by atoms with Gasteiger partial charge in [0.05, 0.1) is 12.7 Å². The highest BCUT2D eigenvalue weighted by atomic mass is 16.8. The summed E-state index contributed by atoms with van der Waals surface area (Å²) in [5.41, 5.74) is 2.30. The van der Waals surface area contributed by atoms with Gasteiger partial charge in [-0.05, 0) is 38.8 Å². The van der Waals surface area contributed by atoms with E-state index in [-0.39, 0.29) is 12.2 Å². The van der Waals surface area contributed by atoms with E-state index in [1.54, 1.807) is 6.92 Å². The molecule has 2 fully saturated rings. The molecular formula is C17H24O5. The second kappa shape index (κ2) is 5.91. The van der Waals surface area contributed by atoms with Crippen LogP contribution in [0.5, 0.6) is 0 Å². The predicted molar refractivity (Wildman–Crippen MR) is 80.1 cm³/mol. The first-order valence-electron chi connectivity index (χ1n) is 7.73. The SMILES string of the molecule is Cc1ccccc1CO[C@@H]1[C@H]2OC(C)(C)O[C@H]2O[C@@H]1[C@@H](C)O. The normalized spacial score (nSPS) is 34.6. The maximum Gasteiger partial charge on any atom is 0.190 e. The molecule has 0 unspecified atom stereocenters. The lowest BCUT2D eigenvalue weighted by Crippen LogP contribution is -2.41. The third-order valence-corrected chi connectivity index (χ3v) is 4.19. The van der Waals surface area contributed by atoms with E-state index in [1.807, 2.05) is 32.0 Å². The molecule has 1 N–H and O–H groups in total. The molecule has 2 heterocycles. The van der Waals surface area contributed by atoms with Gasteiger partial charge in [0.2, 0.25) is 0 Å². The van der Waals surface area contributed by atoms with Crippen LogP contribution in [0.15, 0.2) is 24.3 Å². The van der Waals surface area contributed by atoms with Crippen LogP contribution in [0.1, 0.15) is 31.9 Å². The molecule has 2 saturated heterocycles. The second-order valence-electron chi connectivity index (χ2n) is 6.51. The Morgan fingerprint density at radius 2 is 2.00 bits per heavy atom. The Bertz CT molecular complexity index is 528. The summed E-state index contributed by atoms with van der Waals surface area (Å²) in [5, 5.41) is 9.94. The van der Waals surface area contributed by atoms with Crippen LogP contribution in [0.25, 0.3) is 0 Å². The van der Waals surface area contributed by atoms with Crippen LogP contribution in [0.4, 0.5) is 0 Å². The second-order valence-corrected chi connectivity index (χ2v) is 6.51. The lowest BCUT2D eigenvalue weighted by Gasteiger charge is -2.27. The van der Waals surface area contributed by atoms with E-state index in [2.05, 4.69) is 13.0 Å². The third kappa shape index (κ3) is 3.05. The van der Waals surface area contributed by atoms with Gasteiger partial charge in [0, 0.05) is 0 Å². The van der Waals surface area contributed by atoms with Gasteiger partial charge in [-0.15, -0.1) is 0 Å². The van der Waals surface area contributed by atoms with Crippen molar-refractivity contribution in [3.05, 3.63) is 35.4 Å². The van der Waals surface area contributed by atoms with Crippen LogP contribution in [0.3, 0.4) is 0 Å². The number of aryl methyl sites for hydroxylation is 1. The highest BCUT2D eigenvalue weighted by Gasteiger charge is 2.56. The maximum absolute atomic E-state index is 9.94. The van der Waals surface area contributed by atoms with Gasteiger partial charge < -0.3 is 24.1 Å². The fourth-order valence-electron chi connectivity index (χ4n) is 3.04. The number of rotatable bonds is 4. The minimum absolute atomic E-state index is 0.321. The van der Waals surface area contributed by atoms with E-state index in [9.17, 15) is 5.11 Å².